The Kier molecular flexibility index (Phi) is 3.82. The van der Waals surface area contributed by atoms with Gasteiger partial charge in [0.05, 0.1) is 22.7 Å². The topological polar surface area (TPSA) is 52.0 Å². The summed E-state index contributed by atoms with van der Waals surface area (Å²) in [7, 11) is -3.08. The van der Waals surface area contributed by atoms with Crippen LogP contribution >= 0.6 is 11.6 Å². The third-order valence-electron chi connectivity index (χ3n) is 2.91. The molecule has 2 rings (SSSR count). The van der Waals surface area contributed by atoms with E-state index in [1.807, 2.05) is 0 Å². The second kappa shape index (κ2) is 5.09. The number of hydrogen-bond donors (Lipinski definition) is 0. The van der Waals surface area contributed by atoms with E-state index >= 15 is 0 Å². The minimum absolute atomic E-state index is 0.00122. The average molecular weight is 305 g/mol. The number of benzene rings is 1. The molecule has 0 saturated carbocycles. The molecule has 0 N–H and O–H groups in total. The van der Waals surface area contributed by atoms with Crippen LogP contribution in [0.2, 0.25) is 0 Å². The number of imidazole rings is 1. The lowest BCUT2D eigenvalue weighted by molar-refractivity contribution is 0.594. The van der Waals surface area contributed by atoms with Gasteiger partial charge in [-0.3, -0.25) is 0 Å². The molecule has 2 aromatic rings. The first kappa shape index (κ1) is 14.3. The standard InChI is InChI=1S/C12H14ClFN2O2S/c1-8-5-11-10(6-9(8)14)15-12(7-13)16(11)3-4-19(2,17)18/h5-6H,3-4,7H2,1-2H3. The van der Waals surface area contributed by atoms with Crippen LogP contribution in [-0.4, -0.2) is 30.0 Å². The fourth-order valence-corrected chi connectivity index (χ4v) is 2.63. The van der Waals surface area contributed by atoms with Crippen molar-refractivity contribution >= 4 is 32.5 Å². The van der Waals surface area contributed by atoms with Gasteiger partial charge in [-0.15, -0.1) is 11.6 Å². The smallest absolute Gasteiger partial charge is 0.149 e. The fourth-order valence-electron chi connectivity index (χ4n) is 1.91. The van der Waals surface area contributed by atoms with Gasteiger partial charge in [0.15, 0.2) is 0 Å². The van der Waals surface area contributed by atoms with Gasteiger partial charge in [0.1, 0.15) is 21.5 Å². The number of hydrogen-bond acceptors (Lipinski definition) is 3. The number of alkyl halides is 1. The van der Waals surface area contributed by atoms with Crippen molar-refractivity contribution in [3.8, 4) is 0 Å². The minimum atomic E-state index is -3.08. The second-order valence-corrected chi connectivity index (χ2v) is 7.06. The van der Waals surface area contributed by atoms with Gasteiger partial charge in [0.25, 0.3) is 0 Å². The first-order valence-corrected chi connectivity index (χ1v) is 8.30. The Bertz CT molecular complexity index is 725. The molecule has 0 spiro atoms. The maximum Gasteiger partial charge on any atom is 0.149 e. The first-order valence-electron chi connectivity index (χ1n) is 5.71. The zero-order chi connectivity index (χ0) is 14.2. The van der Waals surface area contributed by atoms with Crippen LogP contribution < -0.4 is 0 Å². The van der Waals surface area contributed by atoms with Crippen LogP contribution in [0.25, 0.3) is 11.0 Å². The highest BCUT2D eigenvalue weighted by Crippen LogP contribution is 2.21. The molecule has 1 aromatic heterocycles. The van der Waals surface area contributed by atoms with Gasteiger partial charge < -0.3 is 4.57 Å². The number of aryl methyl sites for hydroxylation is 2. The Morgan fingerprint density at radius 3 is 2.68 bits per heavy atom. The van der Waals surface area contributed by atoms with Crippen molar-refractivity contribution in [2.45, 2.75) is 19.3 Å². The van der Waals surface area contributed by atoms with E-state index in [1.54, 1.807) is 17.6 Å². The SMILES string of the molecule is Cc1cc2c(cc1F)nc(CCl)n2CCS(C)(=O)=O. The molecule has 0 atom stereocenters. The molecule has 0 aliphatic rings. The maximum atomic E-state index is 13.5. The Hall–Kier alpha value is -1.14. The highest BCUT2D eigenvalue weighted by atomic mass is 35.5. The van der Waals surface area contributed by atoms with Crippen molar-refractivity contribution in [3.05, 3.63) is 29.3 Å². The van der Waals surface area contributed by atoms with E-state index in [2.05, 4.69) is 4.98 Å². The highest BCUT2D eigenvalue weighted by molar-refractivity contribution is 7.90. The summed E-state index contributed by atoms with van der Waals surface area (Å²) < 4.78 is 37.7. The molecule has 0 radical (unpaired) electrons. The lowest BCUT2D eigenvalue weighted by Gasteiger charge is -2.07. The van der Waals surface area contributed by atoms with E-state index in [1.165, 1.54) is 12.3 Å². The Morgan fingerprint density at radius 2 is 2.11 bits per heavy atom. The number of fused-ring (bicyclic) bond motifs is 1. The quantitative estimate of drug-likeness (QED) is 0.814. The van der Waals surface area contributed by atoms with Crippen LogP contribution in [0.15, 0.2) is 12.1 Å². The van der Waals surface area contributed by atoms with Crippen LogP contribution in [0.3, 0.4) is 0 Å². The summed E-state index contributed by atoms with van der Waals surface area (Å²) in [5.41, 5.74) is 1.69. The van der Waals surface area contributed by atoms with Crippen molar-refractivity contribution in [2.24, 2.45) is 0 Å². The van der Waals surface area contributed by atoms with E-state index in [0.29, 0.717) is 22.4 Å². The molecule has 0 unspecified atom stereocenters. The van der Waals surface area contributed by atoms with Crippen LogP contribution in [0.4, 0.5) is 4.39 Å². The average Bonchev–Trinajstić information content (AvgIpc) is 2.63. The van der Waals surface area contributed by atoms with E-state index in [0.717, 1.165) is 0 Å². The van der Waals surface area contributed by atoms with Crippen molar-refractivity contribution in [1.82, 2.24) is 9.55 Å². The second-order valence-electron chi connectivity index (χ2n) is 4.53. The van der Waals surface area contributed by atoms with Crippen LogP contribution in [0.1, 0.15) is 11.4 Å². The van der Waals surface area contributed by atoms with Gasteiger partial charge in [-0.25, -0.2) is 17.8 Å². The van der Waals surface area contributed by atoms with Gasteiger partial charge in [-0.1, -0.05) is 0 Å². The summed E-state index contributed by atoms with van der Waals surface area (Å²) in [6.07, 6.45) is 1.18. The monoisotopic (exact) mass is 304 g/mol. The molecule has 4 nitrogen and oxygen atoms in total. The first-order chi connectivity index (χ1) is 8.81. The molecule has 1 aromatic carbocycles. The normalized spacial score (nSPS) is 12.2. The molecular weight excluding hydrogens is 291 g/mol. The van der Waals surface area contributed by atoms with E-state index < -0.39 is 9.84 Å². The van der Waals surface area contributed by atoms with Crippen molar-refractivity contribution in [1.29, 1.82) is 0 Å². The fraction of sp³-hybridized carbons (Fsp3) is 0.417. The van der Waals surface area contributed by atoms with Gasteiger partial charge >= 0.3 is 0 Å². The maximum absolute atomic E-state index is 13.5. The molecule has 0 bridgehead atoms. The summed E-state index contributed by atoms with van der Waals surface area (Å²) in [6.45, 7) is 1.92. The van der Waals surface area contributed by atoms with Crippen LogP contribution in [0, 0.1) is 12.7 Å². The van der Waals surface area contributed by atoms with Crippen molar-refractivity contribution in [2.75, 3.05) is 12.0 Å². The summed E-state index contributed by atoms with van der Waals surface area (Å²) in [5, 5.41) is 0. The van der Waals surface area contributed by atoms with Gasteiger partial charge in [-0.2, -0.15) is 0 Å². The third kappa shape index (κ3) is 3.06. The molecule has 19 heavy (non-hydrogen) atoms. The Morgan fingerprint density at radius 1 is 1.42 bits per heavy atom. The van der Waals surface area contributed by atoms with Crippen LogP contribution in [0.5, 0.6) is 0 Å². The van der Waals surface area contributed by atoms with E-state index in [-0.39, 0.29) is 24.0 Å². The summed E-state index contributed by atoms with van der Waals surface area (Å²) >= 11 is 5.81. The highest BCUT2D eigenvalue weighted by Gasteiger charge is 2.14. The lowest BCUT2D eigenvalue weighted by atomic mass is 10.2. The largest absolute Gasteiger partial charge is 0.326 e. The number of rotatable bonds is 4. The van der Waals surface area contributed by atoms with Gasteiger partial charge in [0, 0.05) is 18.9 Å². The lowest BCUT2D eigenvalue weighted by Crippen LogP contribution is -2.13. The Balaban J connectivity index is 2.54. The predicted molar refractivity (Wildman–Crippen MR) is 73.7 cm³/mol. The third-order valence-corrected chi connectivity index (χ3v) is 4.08. The molecule has 0 aliphatic carbocycles. The Labute approximate surface area is 116 Å². The predicted octanol–water partition coefficient (Wildman–Crippen LogP) is 2.27. The number of nitrogens with zero attached hydrogens (tertiary/aromatic N) is 2. The molecule has 0 amide bonds. The van der Waals surface area contributed by atoms with Crippen LogP contribution in [-0.2, 0) is 22.3 Å². The molecule has 7 heteroatoms. The van der Waals surface area contributed by atoms with Crippen molar-refractivity contribution in [3.63, 3.8) is 0 Å². The molecule has 0 aliphatic heterocycles. The van der Waals surface area contributed by atoms with Gasteiger partial charge in [0.2, 0.25) is 0 Å². The van der Waals surface area contributed by atoms with E-state index in [4.69, 9.17) is 11.6 Å². The molecule has 1 heterocycles. The number of halogens is 2. The van der Waals surface area contributed by atoms with Crippen molar-refractivity contribution < 1.29 is 12.8 Å². The zero-order valence-corrected chi connectivity index (χ0v) is 12.2. The number of sulfone groups is 1. The number of aromatic nitrogens is 2. The summed E-state index contributed by atoms with van der Waals surface area (Å²) in [6, 6.07) is 3.01. The molecule has 104 valence electrons. The molecule has 0 saturated heterocycles. The minimum Gasteiger partial charge on any atom is -0.326 e. The molecule has 0 fully saturated rings. The van der Waals surface area contributed by atoms with Gasteiger partial charge in [-0.05, 0) is 18.6 Å². The van der Waals surface area contributed by atoms with E-state index in [9.17, 15) is 12.8 Å². The molecular formula is C12H14ClFN2O2S. The summed E-state index contributed by atoms with van der Waals surface area (Å²) in [4.78, 5) is 4.23. The zero-order valence-electron chi connectivity index (χ0n) is 10.7. The summed E-state index contributed by atoms with van der Waals surface area (Å²) in [5.74, 6) is 0.365.